The van der Waals surface area contributed by atoms with Gasteiger partial charge in [-0.1, -0.05) is 30.3 Å². The van der Waals surface area contributed by atoms with Crippen LogP contribution in [0.3, 0.4) is 0 Å². The summed E-state index contributed by atoms with van der Waals surface area (Å²) >= 11 is 1.39. The van der Waals surface area contributed by atoms with Crippen LogP contribution in [0.2, 0.25) is 0 Å². The van der Waals surface area contributed by atoms with Crippen LogP contribution in [-0.4, -0.2) is 35.4 Å². The average molecular weight is 410 g/mol. The summed E-state index contributed by atoms with van der Waals surface area (Å²) in [7, 11) is 0. The smallest absolute Gasteiger partial charge is 0.270 e. The molecule has 150 valence electrons. The second-order valence-corrected chi connectivity index (χ2v) is 8.41. The van der Waals surface area contributed by atoms with Gasteiger partial charge < -0.3 is 9.64 Å². The molecule has 1 amide bonds. The fraction of sp³-hybridized carbons (Fsp3) is 0.318. The Morgan fingerprint density at radius 1 is 1.14 bits per heavy atom. The summed E-state index contributed by atoms with van der Waals surface area (Å²) < 4.78 is 6.75. The zero-order chi connectivity index (χ0) is 20.2. The highest BCUT2D eigenvalue weighted by Crippen LogP contribution is 2.30. The van der Waals surface area contributed by atoms with E-state index in [0.29, 0.717) is 37.1 Å². The molecule has 0 atom stereocenters. The van der Waals surface area contributed by atoms with E-state index in [1.54, 1.807) is 12.1 Å². The van der Waals surface area contributed by atoms with Crippen molar-refractivity contribution < 1.29 is 14.5 Å². The zero-order valence-electron chi connectivity index (χ0n) is 16.0. The maximum Gasteiger partial charge on any atom is 0.270 e. The first-order chi connectivity index (χ1) is 14.1. The summed E-state index contributed by atoms with van der Waals surface area (Å²) in [5.74, 6) is 0.477. The van der Waals surface area contributed by atoms with Crippen LogP contribution in [0, 0.1) is 16.0 Å². The number of benzene rings is 2. The van der Waals surface area contributed by atoms with Crippen LogP contribution in [0.5, 0.6) is 0 Å². The van der Waals surface area contributed by atoms with Gasteiger partial charge in [-0.2, -0.15) is 0 Å². The van der Waals surface area contributed by atoms with E-state index < -0.39 is 4.92 Å². The van der Waals surface area contributed by atoms with Gasteiger partial charge in [0.2, 0.25) is 0 Å². The number of carbonyl (C=O) groups excluding carboxylic acids is 1. The van der Waals surface area contributed by atoms with Gasteiger partial charge in [-0.15, -0.1) is 11.3 Å². The third-order valence-electron chi connectivity index (χ3n) is 5.29. The summed E-state index contributed by atoms with van der Waals surface area (Å²) in [6.45, 7) is 2.76. The maximum atomic E-state index is 12.9. The van der Waals surface area contributed by atoms with Crippen molar-refractivity contribution in [3.63, 3.8) is 0 Å². The molecule has 3 aromatic rings. The van der Waals surface area contributed by atoms with Crippen molar-refractivity contribution in [1.29, 1.82) is 0 Å². The second-order valence-electron chi connectivity index (χ2n) is 7.33. The standard InChI is InChI=1S/C22H22N2O4S/c25-22(21-13-18-12-19(24(26)27)6-7-20(18)29-21)23-10-8-17(9-11-23)15-28-14-16-4-2-1-3-5-16/h1-7,12-13,17H,8-11,14-15H2. The molecule has 0 bridgehead atoms. The number of nitro benzene ring substituents is 1. The second kappa shape index (κ2) is 8.71. The maximum absolute atomic E-state index is 12.9. The van der Waals surface area contributed by atoms with E-state index in [-0.39, 0.29) is 11.6 Å². The molecule has 29 heavy (non-hydrogen) atoms. The van der Waals surface area contributed by atoms with E-state index in [1.807, 2.05) is 23.1 Å². The van der Waals surface area contributed by atoms with Gasteiger partial charge >= 0.3 is 0 Å². The number of non-ortho nitro benzene ring substituents is 1. The lowest BCUT2D eigenvalue weighted by molar-refractivity contribution is -0.384. The quantitative estimate of drug-likeness (QED) is 0.429. The van der Waals surface area contributed by atoms with Gasteiger partial charge in [0, 0.05) is 41.9 Å². The topological polar surface area (TPSA) is 72.7 Å². The number of nitro groups is 1. The van der Waals surface area contributed by atoms with E-state index in [1.165, 1.54) is 29.0 Å². The van der Waals surface area contributed by atoms with Crippen molar-refractivity contribution in [2.45, 2.75) is 19.4 Å². The molecule has 6 nitrogen and oxygen atoms in total. The molecule has 4 rings (SSSR count). The molecule has 2 aromatic carbocycles. The molecule has 1 fully saturated rings. The minimum Gasteiger partial charge on any atom is -0.376 e. The average Bonchev–Trinajstić information content (AvgIpc) is 3.18. The van der Waals surface area contributed by atoms with Crippen molar-refractivity contribution in [2.75, 3.05) is 19.7 Å². The molecule has 0 N–H and O–H groups in total. The van der Waals surface area contributed by atoms with Crippen LogP contribution in [0.1, 0.15) is 28.1 Å². The molecule has 0 spiro atoms. The van der Waals surface area contributed by atoms with E-state index in [0.717, 1.165) is 22.9 Å². The summed E-state index contributed by atoms with van der Waals surface area (Å²) in [6.07, 6.45) is 1.85. The first-order valence-corrected chi connectivity index (χ1v) is 10.5. The highest BCUT2D eigenvalue weighted by atomic mass is 32.1. The Morgan fingerprint density at radius 3 is 2.62 bits per heavy atom. The van der Waals surface area contributed by atoms with Crippen molar-refractivity contribution in [3.05, 3.63) is 75.2 Å². The molecule has 1 saturated heterocycles. The number of thiophene rings is 1. The van der Waals surface area contributed by atoms with Gasteiger partial charge in [0.1, 0.15) is 0 Å². The Kier molecular flexibility index (Phi) is 5.87. The van der Waals surface area contributed by atoms with Crippen LogP contribution in [-0.2, 0) is 11.3 Å². The number of fused-ring (bicyclic) bond motifs is 1. The molecule has 1 aromatic heterocycles. The van der Waals surface area contributed by atoms with Gasteiger partial charge in [-0.05, 0) is 36.5 Å². The van der Waals surface area contributed by atoms with Gasteiger partial charge in [-0.3, -0.25) is 14.9 Å². The van der Waals surface area contributed by atoms with Crippen molar-refractivity contribution in [1.82, 2.24) is 4.90 Å². The Hall–Kier alpha value is -2.77. The van der Waals surface area contributed by atoms with E-state index in [9.17, 15) is 14.9 Å². The van der Waals surface area contributed by atoms with Crippen molar-refractivity contribution in [2.24, 2.45) is 5.92 Å². The van der Waals surface area contributed by atoms with Gasteiger partial charge in [0.15, 0.2) is 0 Å². The number of hydrogen-bond donors (Lipinski definition) is 0. The number of ether oxygens (including phenoxy) is 1. The number of carbonyl (C=O) groups is 1. The lowest BCUT2D eigenvalue weighted by Crippen LogP contribution is -2.39. The third-order valence-corrected chi connectivity index (χ3v) is 6.39. The Labute approximate surface area is 172 Å². The molecular weight excluding hydrogens is 388 g/mol. The zero-order valence-corrected chi connectivity index (χ0v) is 16.8. The lowest BCUT2D eigenvalue weighted by atomic mass is 9.97. The predicted octanol–water partition coefficient (Wildman–Crippen LogP) is 4.88. The largest absolute Gasteiger partial charge is 0.376 e. The molecular formula is C22H22N2O4S. The number of piperidine rings is 1. The molecule has 1 aliphatic heterocycles. The first-order valence-electron chi connectivity index (χ1n) is 9.69. The van der Waals surface area contributed by atoms with Gasteiger partial charge in [0.05, 0.1) is 16.4 Å². The molecule has 1 aliphatic rings. The summed E-state index contributed by atoms with van der Waals surface area (Å²) in [5, 5.41) is 11.7. The minimum atomic E-state index is -0.413. The number of nitrogens with zero attached hydrogens (tertiary/aromatic N) is 2. The Bertz CT molecular complexity index is 1010. The van der Waals surface area contributed by atoms with Gasteiger partial charge in [0.25, 0.3) is 11.6 Å². The lowest BCUT2D eigenvalue weighted by Gasteiger charge is -2.31. The molecule has 7 heteroatoms. The molecule has 0 aliphatic carbocycles. The summed E-state index contributed by atoms with van der Waals surface area (Å²) in [5.41, 5.74) is 1.22. The molecule has 0 radical (unpaired) electrons. The van der Waals surface area contributed by atoms with Gasteiger partial charge in [-0.25, -0.2) is 0 Å². The monoisotopic (exact) mass is 410 g/mol. The number of hydrogen-bond acceptors (Lipinski definition) is 5. The van der Waals surface area contributed by atoms with Crippen LogP contribution in [0.4, 0.5) is 5.69 Å². The number of rotatable bonds is 6. The number of likely N-dealkylation sites (tertiary alicyclic amines) is 1. The van der Waals surface area contributed by atoms with E-state index in [2.05, 4.69) is 12.1 Å². The molecule has 0 saturated carbocycles. The summed E-state index contributed by atoms with van der Waals surface area (Å²) in [4.78, 5) is 25.9. The fourth-order valence-corrected chi connectivity index (χ4v) is 4.64. The van der Waals surface area contributed by atoms with E-state index >= 15 is 0 Å². The highest BCUT2D eigenvalue weighted by Gasteiger charge is 2.25. The molecule has 0 unspecified atom stereocenters. The van der Waals surface area contributed by atoms with E-state index in [4.69, 9.17) is 4.74 Å². The summed E-state index contributed by atoms with van der Waals surface area (Å²) in [6, 6.07) is 16.6. The molecule has 2 heterocycles. The Morgan fingerprint density at radius 2 is 1.90 bits per heavy atom. The minimum absolute atomic E-state index is 0.0116. The van der Waals surface area contributed by atoms with Crippen LogP contribution in [0.15, 0.2) is 54.6 Å². The SMILES string of the molecule is O=C(c1cc2cc([N+](=O)[O-])ccc2s1)N1CCC(COCc2ccccc2)CC1. The van der Waals surface area contributed by atoms with Crippen LogP contribution < -0.4 is 0 Å². The normalized spacial score (nSPS) is 15.0. The van der Waals surface area contributed by atoms with Crippen LogP contribution in [0.25, 0.3) is 10.1 Å². The number of amides is 1. The van der Waals surface area contributed by atoms with Crippen molar-refractivity contribution >= 4 is 33.0 Å². The first kappa shape index (κ1) is 19.5. The van der Waals surface area contributed by atoms with Crippen molar-refractivity contribution in [3.8, 4) is 0 Å². The Balaban J connectivity index is 1.30. The fourth-order valence-electron chi connectivity index (χ4n) is 3.63. The van der Waals surface area contributed by atoms with Crippen LogP contribution >= 0.6 is 11.3 Å². The predicted molar refractivity (Wildman–Crippen MR) is 113 cm³/mol. The third kappa shape index (κ3) is 4.63. The highest BCUT2D eigenvalue weighted by molar-refractivity contribution is 7.20.